The largest absolute Gasteiger partial charge is 0.347 e. The molecule has 3 aromatic rings. The molecule has 1 amide bonds. The van der Waals surface area contributed by atoms with Crippen molar-refractivity contribution in [3.63, 3.8) is 0 Å². The van der Waals surface area contributed by atoms with Crippen LogP contribution in [0.15, 0.2) is 47.4 Å². The highest BCUT2D eigenvalue weighted by atomic mass is 16.2. The Morgan fingerprint density at radius 2 is 2.04 bits per heavy atom. The summed E-state index contributed by atoms with van der Waals surface area (Å²) in [5, 5.41) is 0.549. The minimum Gasteiger partial charge on any atom is -0.347 e. The van der Waals surface area contributed by atoms with Crippen LogP contribution in [0.2, 0.25) is 0 Å². The van der Waals surface area contributed by atoms with Gasteiger partial charge in [-0.25, -0.2) is 4.98 Å². The molecule has 118 valence electrons. The first-order valence-electron chi connectivity index (χ1n) is 7.48. The fourth-order valence-corrected chi connectivity index (χ4v) is 2.56. The maximum atomic E-state index is 12.6. The van der Waals surface area contributed by atoms with Crippen molar-refractivity contribution in [1.29, 1.82) is 0 Å². The molecule has 6 heteroatoms. The molecule has 0 unspecified atom stereocenters. The summed E-state index contributed by atoms with van der Waals surface area (Å²) in [5.74, 6) is 0.397. The molecule has 0 fully saturated rings. The molecule has 0 bridgehead atoms. The van der Waals surface area contributed by atoms with Crippen LogP contribution in [0.3, 0.4) is 0 Å². The minimum absolute atomic E-state index is 0.0872. The number of nitrogens with zero attached hydrogens (tertiary/aromatic N) is 3. The van der Waals surface area contributed by atoms with Gasteiger partial charge in [-0.05, 0) is 31.2 Å². The van der Waals surface area contributed by atoms with Crippen LogP contribution in [0.25, 0.3) is 10.9 Å². The number of fused-ring (bicyclic) bond motifs is 1. The molecule has 0 aliphatic rings. The first-order chi connectivity index (χ1) is 11.1. The van der Waals surface area contributed by atoms with Crippen molar-refractivity contribution >= 4 is 16.8 Å². The van der Waals surface area contributed by atoms with Crippen molar-refractivity contribution < 1.29 is 4.79 Å². The number of H-pyrrole nitrogens is 1. The number of nitrogens with one attached hydrogen (secondary N) is 1. The van der Waals surface area contributed by atoms with Crippen LogP contribution in [-0.4, -0.2) is 31.9 Å². The van der Waals surface area contributed by atoms with E-state index in [1.54, 1.807) is 33.7 Å². The fraction of sp³-hybridized carbons (Fsp3) is 0.235. The van der Waals surface area contributed by atoms with Gasteiger partial charge in [-0.3, -0.25) is 9.59 Å². The Morgan fingerprint density at radius 1 is 1.26 bits per heavy atom. The number of aromatic nitrogens is 3. The lowest BCUT2D eigenvalue weighted by Gasteiger charge is -2.20. The van der Waals surface area contributed by atoms with Gasteiger partial charge in [-0.1, -0.05) is 12.1 Å². The Kier molecular flexibility index (Phi) is 3.97. The van der Waals surface area contributed by atoms with E-state index in [-0.39, 0.29) is 18.0 Å². The zero-order chi connectivity index (χ0) is 16.4. The number of hydrogen-bond donors (Lipinski definition) is 1. The van der Waals surface area contributed by atoms with Crippen LogP contribution < -0.4 is 5.56 Å². The van der Waals surface area contributed by atoms with E-state index in [1.807, 2.05) is 32.3 Å². The molecule has 0 saturated heterocycles. The van der Waals surface area contributed by atoms with Crippen LogP contribution in [0.5, 0.6) is 0 Å². The van der Waals surface area contributed by atoms with E-state index in [0.29, 0.717) is 29.0 Å². The summed E-state index contributed by atoms with van der Waals surface area (Å²) in [6.07, 6.45) is 1.83. The van der Waals surface area contributed by atoms with Gasteiger partial charge in [-0.15, -0.1) is 0 Å². The van der Waals surface area contributed by atoms with Crippen molar-refractivity contribution in [3.05, 3.63) is 64.5 Å². The van der Waals surface area contributed by atoms with E-state index >= 15 is 0 Å². The van der Waals surface area contributed by atoms with E-state index in [1.165, 1.54) is 0 Å². The van der Waals surface area contributed by atoms with Gasteiger partial charge in [0.1, 0.15) is 11.5 Å². The third-order valence-electron chi connectivity index (χ3n) is 3.83. The quantitative estimate of drug-likeness (QED) is 0.800. The zero-order valence-electron chi connectivity index (χ0n) is 13.1. The Morgan fingerprint density at radius 3 is 2.74 bits per heavy atom. The number of para-hydroxylation sites is 1. The summed E-state index contributed by atoms with van der Waals surface area (Å²) < 4.78 is 1.78. The number of rotatable bonds is 4. The number of carbonyl (C=O) groups excluding carboxylic acids is 1. The predicted molar refractivity (Wildman–Crippen MR) is 88.2 cm³/mol. The van der Waals surface area contributed by atoms with Gasteiger partial charge >= 0.3 is 0 Å². The molecule has 0 aliphatic heterocycles. The normalized spacial score (nSPS) is 10.9. The molecule has 23 heavy (non-hydrogen) atoms. The second kappa shape index (κ2) is 6.08. The fourth-order valence-electron chi connectivity index (χ4n) is 2.56. The van der Waals surface area contributed by atoms with Crippen molar-refractivity contribution in [2.45, 2.75) is 13.5 Å². The smallest absolute Gasteiger partial charge is 0.270 e. The van der Waals surface area contributed by atoms with E-state index in [0.717, 1.165) is 0 Å². The molecule has 0 radical (unpaired) electrons. The summed E-state index contributed by atoms with van der Waals surface area (Å²) in [5.41, 5.74) is 1.05. The lowest BCUT2D eigenvalue weighted by atomic mass is 10.2. The Hall–Kier alpha value is -2.89. The molecule has 2 heterocycles. The van der Waals surface area contributed by atoms with E-state index in [2.05, 4.69) is 9.97 Å². The van der Waals surface area contributed by atoms with Gasteiger partial charge in [0.2, 0.25) is 0 Å². The zero-order valence-corrected chi connectivity index (χ0v) is 13.1. The Bertz CT molecular complexity index is 910. The molecule has 0 aliphatic carbocycles. The number of carbonyl (C=O) groups is 1. The molecular weight excluding hydrogens is 292 g/mol. The summed E-state index contributed by atoms with van der Waals surface area (Å²) in [6.45, 7) is 2.70. The van der Waals surface area contributed by atoms with Crippen molar-refractivity contribution in [2.24, 2.45) is 7.05 Å². The number of amides is 1. The SMILES string of the molecule is CCN(Cc1nc2ccccc2c(=O)[nH]1)C(=O)c1cccn1C. The third kappa shape index (κ3) is 2.88. The minimum atomic E-state index is -0.187. The van der Waals surface area contributed by atoms with Gasteiger partial charge in [0.05, 0.1) is 17.4 Å². The highest BCUT2D eigenvalue weighted by Gasteiger charge is 2.18. The van der Waals surface area contributed by atoms with Crippen LogP contribution in [0.1, 0.15) is 23.2 Å². The molecular formula is C17H18N4O2. The van der Waals surface area contributed by atoms with Gasteiger partial charge < -0.3 is 14.5 Å². The van der Waals surface area contributed by atoms with Crippen LogP contribution in [-0.2, 0) is 13.6 Å². The number of aromatic amines is 1. The molecule has 0 saturated carbocycles. The Labute approximate surface area is 133 Å². The van der Waals surface area contributed by atoms with E-state index in [9.17, 15) is 9.59 Å². The summed E-state index contributed by atoms with van der Waals surface area (Å²) >= 11 is 0. The molecule has 6 nitrogen and oxygen atoms in total. The molecule has 3 rings (SSSR count). The van der Waals surface area contributed by atoms with Crippen molar-refractivity contribution in [3.8, 4) is 0 Å². The van der Waals surface area contributed by atoms with Gasteiger partial charge in [0, 0.05) is 19.8 Å². The van der Waals surface area contributed by atoms with Crippen LogP contribution in [0.4, 0.5) is 0 Å². The van der Waals surface area contributed by atoms with Crippen molar-refractivity contribution in [2.75, 3.05) is 6.54 Å². The molecule has 0 atom stereocenters. The van der Waals surface area contributed by atoms with Crippen molar-refractivity contribution in [1.82, 2.24) is 19.4 Å². The van der Waals surface area contributed by atoms with Gasteiger partial charge in [0.15, 0.2) is 0 Å². The Balaban J connectivity index is 1.92. The lowest BCUT2D eigenvalue weighted by Crippen LogP contribution is -2.33. The van der Waals surface area contributed by atoms with E-state index < -0.39 is 0 Å². The van der Waals surface area contributed by atoms with E-state index in [4.69, 9.17) is 0 Å². The average molecular weight is 310 g/mol. The highest BCUT2D eigenvalue weighted by Crippen LogP contribution is 2.10. The summed E-state index contributed by atoms with van der Waals surface area (Å²) in [4.78, 5) is 33.6. The van der Waals surface area contributed by atoms with Crippen LogP contribution in [0, 0.1) is 0 Å². The topological polar surface area (TPSA) is 71.0 Å². The van der Waals surface area contributed by atoms with Gasteiger partial charge in [0.25, 0.3) is 11.5 Å². The molecule has 2 aromatic heterocycles. The summed E-state index contributed by atoms with van der Waals surface area (Å²) in [7, 11) is 1.83. The number of benzene rings is 1. The maximum Gasteiger partial charge on any atom is 0.270 e. The average Bonchev–Trinajstić information content (AvgIpc) is 2.98. The lowest BCUT2D eigenvalue weighted by molar-refractivity contribution is 0.0739. The van der Waals surface area contributed by atoms with Gasteiger partial charge in [-0.2, -0.15) is 0 Å². The highest BCUT2D eigenvalue weighted by molar-refractivity contribution is 5.92. The monoisotopic (exact) mass is 310 g/mol. The maximum absolute atomic E-state index is 12.6. The second-order valence-corrected chi connectivity index (χ2v) is 5.35. The summed E-state index contributed by atoms with van der Waals surface area (Å²) in [6, 6.07) is 10.8. The standard InChI is InChI=1S/C17H18N4O2/c1-3-21(17(23)14-9-6-10-20(14)2)11-15-18-13-8-5-4-7-12(13)16(22)19-15/h4-10H,3,11H2,1-2H3,(H,18,19,22). The van der Waals surface area contributed by atoms with Crippen LogP contribution >= 0.6 is 0 Å². The molecule has 0 spiro atoms. The number of hydrogen-bond acceptors (Lipinski definition) is 3. The third-order valence-corrected chi connectivity index (χ3v) is 3.83. The first-order valence-corrected chi connectivity index (χ1v) is 7.48. The first kappa shape index (κ1) is 15.0. The number of aryl methyl sites for hydroxylation is 1. The second-order valence-electron chi connectivity index (χ2n) is 5.35. The molecule has 1 aromatic carbocycles. The molecule has 1 N–H and O–H groups in total. The predicted octanol–water partition coefficient (Wildman–Crippen LogP) is 1.92.